The van der Waals surface area contributed by atoms with E-state index in [1.165, 1.54) is 25.1 Å². The van der Waals surface area contributed by atoms with E-state index in [0.29, 0.717) is 10.2 Å². The summed E-state index contributed by atoms with van der Waals surface area (Å²) >= 11 is 3.29. The minimum absolute atomic E-state index is 0.0408. The molecule has 0 saturated carbocycles. The predicted octanol–water partition coefficient (Wildman–Crippen LogP) is 3.34. The van der Waals surface area contributed by atoms with Gasteiger partial charge >= 0.3 is 5.97 Å². The Labute approximate surface area is 135 Å². The lowest BCUT2D eigenvalue weighted by Gasteiger charge is -2.21. The van der Waals surface area contributed by atoms with Crippen molar-refractivity contribution in [2.45, 2.75) is 6.92 Å². The Morgan fingerprint density at radius 3 is 2.05 bits per heavy atom. The maximum Gasteiger partial charge on any atom is 0.336 e. The lowest BCUT2D eigenvalue weighted by Crippen LogP contribution is -2.36. The number of carbonyl (C=O) groups is 3. The maximum atomic E-state index is 12.7. The van der Waals surface area contributed by atoms with Gasteiger partial charge in [-0.25, -0.2) is 9.69 Å². The predicted molar refractivity (Wildman–Crippen MR) is 85.0 cm³/mol. The van der Waals surface area contributed by atoms with E-state index in [1.54, 1.807) is 30.3 Å². The van der Waals surface area contributed by atoms with Crippen molar-refractivity contribution >= 4 is 39.4 Å². The Morgan fingerprint density at radius 1 is 0.955 bits per heavy atom. The van der Waals surface area contributed by atoms with Crippen LogP contribution in [0.5, 0.6) is 0 Å². The highest BCUT2D eigenvalue weighted by molar-refractivity contribution is 9.10. The van der Waals surface area contributed by atoms with E-state index in [2.05, 4.69) is 15.9 Å². The average molecular weight is 362 g/mol. The van der Waals surface area contributed by atoms with Crippen LogP contribution in [0.15, 0.2) is 53.0 Å². The third-order valence-corrected chi connectivity index (χ3v) is 3.67. The lowest BCUT2D eigenvalue weighted by molar-refractivity contribution is -0.115. The number of carbonyl (C=O) groups excluding carboxylic acids is 2. The Kier molecular flexibility index (Phi) is 4.72. The first-order valence-corrected chi connectivity index (χ1v) is 7.14. The van der Waals surface area contributed by atoms with Crippen molar-refractivity contribution in [2.24, 2.45) is 0 Å². The normalized spacial score (nSPS) is 10.1. The second-order valence-corrected chi connectivity index (χ2v) is 5.32. The molecule has 2 amide bonds. The second kappa shape index (κ2) is 6.53. The highest BCUT2D eigenvalue weighted by atomic mass is 79.9. The first-order valence-electron chi connectivity index (χ1n) is 6.35. The summed E-state index contributed by atoms with van der Waals surface area (Å²) in [5, 5.41) is 9.20. The minimum atomic E-state index is -1.22. The molecule has 0 heterocycles. The van der Waals surface area contributed by atoms with Gasteiger partial charge in [-0.2, -0.15) is 0 Å². The van der Waals surface area contributed by atoms with Crippen molar-refractivity contribution in [2.75, 3.05) is 4.90 Å². The van der Waals surface area contributed by atoms with Crippen LogP contribution in [0.2, 0.25) is 0 Å². The summed E-state index contributed by atoms with van der Waals surface area (Å²) in [7, 11) is 0. The number of anilines is 1. The number of halogens is 1. The quantitative estimate of drug-likeness (QED) is 0.909. The van der Waals surface area contributed by atoms with Gasteiger partial charge in [-0.1, -0.05) is 24.3 Å². The number of aromatic carboxylic acids is 1. The van der Waals surface area contributed by atoms with Crippen LogP contribution in [-0.2, 0) is 4.79 Å². The third kappa shape index (κ3) is 3.07. The van der Waals surface area contributed by atoms with Gasteiger partial charge in [0.15, 0.2) is 0 Å². The molecule has 2 rings (SSSR count). The van der Waals surface area contributed by atoms with E-state index in [9.17, 15) is 19.5 Å². The van der Waals surface area contributed by atoms with Crippen molar-refractivity contribution < 1.29 is 19.5 Å². The summed E-state index contributed by atoms with van der Waals surface area (Å²) in [5.74, 6) is -2.41. The topological polar surface area (TPSA) is 74.7 Å². The molecule has 5 nitrogen and oxygen atoms in total. The van der Waals surface area contributed by atoms with Crippen LogP contribution >= 0.6 is 15.9 Å². The van der Waals surface area contributed by atoms with Crippen LogP contribution in [0, 0.1) is 0 Å². The molecular weight excluding hydrogens is 350 g/mol. The van der Waals surface area contributed by atoms with Gasteiger partial charge in [0.05, 0.1) is 16.8 Å². The van der Waals surface area contributed by atoms with E-state index in [1.807, 2.05) is 0 Å². The Balaban J connectivity index is 2.56. The largest absolute Gasteiger partial charge is 0.478 e. The van der Waals surface area contributed by atoms with Crippen LogP contribution in [0.4, 0.5) is 5.69 Å². The van der Waals surface area contributed by atoms with Crippen LogP contribution in [0.3, 0.4) is 0 Å². The van der Waals surface area contributed by atoms with Gasteiger partial charge in [-0.05, 0) is 40.2 Å². The zero-order valence-corrected chi connectivity index (χ0v) is 13.2. The van der Waals surface area contributed by atoms with Crippen molar-refractivity contribution in [3.05, 3.63) is 64.1 Å². The SMILES string of the molecule is CC(=O)N(C(=O)c1ccccc1C(=O)O)c1ccccc1Br. The summed E-state index contributed by atoms with van der Waals surface area (Å²) < 4.78 is 0.561. The van der Waals surface area contributed by atoms with Gasteiger partial charge in [0.2, 0.25) is 5.91 Å². The van der Waals surface area contributed by atoms with Crippen LogP contribution < -0.4 is 4.90 Å². The average Bonchev–Trinajstić information content (AvgIpc) is 2.49. The van der Waals surface area contributed by atoms with Crippen molar-refractivity contribution in [3.8, 4) is 0 Å². The zero-order valence-electron chi connectivity index (χ0n) is 11.6. The molecule has 0 aliphatic heterocycles. The molecule has 0 unspecified atom stereocenters. The van der Waals surface area contributed by atoms with E-state index in [4.69, 9.17) is 0 Å². The molecule has 1 N–H and O–H groups in total. The first-order chi connectivity index (χ1) is 10.4. The molecule has 0 aromatic heterocycles. The molecule has 0 fully saturated rings. The lowest BCUT2D eigenvalue weighted by atomic mass is 10.1. The number of benzene rings is 2. The standard InChI is InChI=1S/C16H12BrNO4/c1-10(19)18(14-9-5-4-8-13(14)17)15(20)11-6-2-3-7-12(11)16(21)22/h2-9H,1H3,(H,21,22). The second-order valence-electron chi connectivity index (χ2n) is 4.46. The molecule has 0 aliphatic carbocycles. The van der Waals surface area contributed by atoms with Crippen LogP contribution in [0.1, 0.15) is 27.6 Å². The van der Waals surface area contributed by atoms with Gasteiger partial charge in [0.25, 0.3) is 5.91 Å². The number of amides is 2. The molecule has 0 spiro atoms. The molecule has 0 aliphatic rings. The van der Waals surface area contributed by atoms with Crippen molar-refractivity contribution in [1.82, 2.24) is 0 Å². The molecule has 0 saturated heterocycles. The van der Waals surface area contributed by atoms with E-state index in [0.717, 1.165) is 4.90 Å². The summed E-state index contributed by atoms with van der Waals surface area (Å²) in [6, 6.07) is 12.5. The summed E-state index contributed by atoms with van der Waals surface area (Å²) in [5.41, 5.74) is 0.173. The molecular formula is C16H12BrNO4. The summed E-state index contributed by atoms with van der Waals surface area (Å²) in [4.78, 5) is 36.8. The zero-order chi connectivity index (χ0) is 16.3. The maximum absolute atomic E-state index is 12.7. The van der Waals surface area contributed by atoms with Gasteiger partial charge in [0, 0.05) is 11.4 Å². The van der Waals surface area contributed by atoms with Gasteiger partial charge in [-0.3, -0.25) is 9.59 Å². The van der Waals surface area contributed by atoms with Crippen LogP contribution in [0.25, 0.3) is 0 Å². The minimum Gasteiger partial charge on any atom is -0.478 e. The number of nitrogens with zero attached hydrogens (tertiary/aromatic N) is 1. The monoisotopic (exact) mass is 361 g/mol. The number of hydrogen-bond donors (Lipinski definition) is 1. The molecule has 2 aromatic carbocycles. The van der Waals surface area contributed by atoms with Crippen molar-refractivity contribution in [3.63, 3.8) is 0 Å². The fraction of sp³-hybridized carbons (Fsp3) is 0.0625. The number of carboxylic acid groups (broad SMARTS) is 1. The molecule has 0 radical (unpaired) electrons. The molecule has 6 heteroatoms. The summed E-state index contributed by atoms with van der Waals surface area (Å²) in [6.45, 7) is 1.25. The van der Waals surface area contributed by atoms with E-state index < -0.39 is 17.8 Å². The van der Waals surface area contributed by atoms with E-state index in [-0.39, 0.29) is 11.1 Å². The number of carboxylic acids is 1. The first kappa shape index (κ1) is 15.9. The van der Waals surface area contributed by atoms with E-state index >= 15 is 0 Å². The smallest absolute Gasteiger partial charge is 0.336 e. The fourth-order valence-corrected chi connectivity index (χ4v) is 2.49. The molecule has 0 atom stereocenters. The third-order valence-electron chi connectivity index (χ3n) is 3.00. The Bertz CT molecular complexity index is 757. The highest BCUT2D eigenvalue weighted by Gasteiger charge is 2.26. The molecule has 112 valence electrons. The number of imide groups is 1. The highest BCUT2D eigenvalue weighted by Crippen LogP contribution is 2.28. The molecule has 0 bridgehead atoms. The molecule has 22 heavy (non-hydrogen) atoms. The van der Waals surface area contributed by atoms with Crippen molar-refractivity contribution in [1.29, 1.82) is 0 Å². The Morgan fingerprint density at radius 2 is 1.50 bits per heavy atom. The fourth-order valence-electron chi connectivity index (χ4n) is 2.03. The number of para-hydroxylation sites is 1. The van der Waals surface area contributed by atoms with Gasteiger partial charge in [-0.15, -0.1) is 0 Å². The molecule has 2 aromatic rings. The Hall–Kier alpha value is -2.47. The van der Waals surface area contributed by atoms with Gasteiger partial charge < -0.3 is 5.11 Å². The van der Waals surface area contributed by atoms with Gasteiger partial charge in [0.1, 0.15) is 0 Å². The number of hydrogen-bond acceptors (Lipinski definition) is 3. The summed E-state index contributed by atoms with van der Waals surface area (Å²) in [6.07, 6.45) is 0. The number of rotatable bonds is 3. The van der Waals surface area contributed by atoms with Crippen LogP contribution in [-0.4, -0.2) is 22.9 Å².